The first-order chi connectivity index (χ1) is 21.0. The lowest BCUT2D eigenvalue weighted by atomic mass is 9.87. The summed E-state index contributed by atoms with van der Waals surface area (Å²) in [6, 6.07) is 6.82. The van der Waals surface area contributed by atoms with E-state index >= 15 is 0 Å². The van der Waals surface area contributed by atoms with Crippen LogP contribution < -0.4 is 24.3 Å². The highest BCUT2D eigenvalue weighted by Gasteiger charge is 2.39. The molecule has 224 valence electrons. The number of hydrogen-bond acceptors (Lipinski definition) is 8. The van der Waals surface area contributed by atoms with E-state index in [2.05, 4.69) is 21.9 Å². The number of carbonyl (C=O) groups excluding carboxylic acids is 2. The van der Waals surface area contributed by atoms with Gasteiger partial charge < -0.3 is 29.6 Å². The molecule has 0 fully saturated rings. The van der Waals surface area contributed by atoms with E-state index in [1.807, 2.05) is 4.90 Å². The van der Waals surface area contributed by atoms with Crippen molar-refractivity contribution < 1.29 is 29.4 Å². The number of aromatic nitrogens is 1. The van der Waals surface area contributed by atoms with Gasteiger partial charge in [-0.2, -0.15) is 0 Å². The van der Waals surface area contributed by atoms with Crippen LogP contribution >= 0.6 is 0 Å². The van der Waals surface area contributed by atoms with Crippen molar-refractivity contribution in [3.63, 3.8) is 0 Å². The number of fused-ring (bicyclic) bond motifs is 4. The van der Waals surface area contributed by atoms with Gasteiger partial charge in [-0.05, 0) is 81.0 Å². The van der Waals surface area contributed by atoms with Crippen molar-refractivity contribution >= 4 is 34.6 Å². The SMILES string of the molecule is O=C(CCCC(=O)N1c2cc3c4c(c2Oc2c1cc1c5c2CCCN5CCC1)CCCN4CCC3)On1c(O)ccc1O. The summed E-state index contributed by atoms with van der Waals surface area (Å²) < 4.78 is 7.63. The lowest BCUT2D eigenvalue weighted by molar-refractivity contribution is -0.145. The molecule has 0 radical (unpaired) electrons. The molecule has 43 heavy (non-hydrogen) atoms. The van der Waals surface area contributed by atoms with Crippen molar-refractivity contribution in [3.05, 3.63) is 46.5 Å². The summed E-state index contributed by atoms with van der Waals surface area (Å²) in [5.41, 5.74) is 9.24. The summed E-state index contributed by atoms with van der Waals surface area (Å²) in [5.74, 6) is 0.146. The molecule has 5 aliphatic heterocycles. The highest BCUT2D eigenvalue weighted by molar-refractivity contribution is 6.06. The van der Waals surface area contributed by atoms with Gasteiger partial charge in [0.25, 0.3) is 0 Å². The van der Waals surface area contributed by atoms with Crippen LogP contribution in [0.15, 0.2) is 24.3 Å². The van der Waals surface area contributed by atoms with Crippen molar-refractivity contribution in [1.29, 1.82) is 0 Å². The van der Waals surface area contributed by atoms with Gasteiger partial charge in [0.2, 0.25) is 17.7 Å². The van der Waals surface area contributed by atoms with Crippen molar-refractivity contribution in [2.45, 2.75) is 70.6 Å². The Morgan fingerprint density at radius 1 is 0.744 bits per heavy atom. The van der Waals surface area contributed by atoms with Crippen LogP contribution in [-0.4, -0.2) is 53.0 Å². The van der Waals surface area contributed by atoms with Gasteiger partial charge >= 0.3 is 5.97 Å². The number of benzene rings is 2. The van der Waals surface area contributed by atoms with Crippen molar-refractivity contribution in [2.24, 2.45) is 0 Å². The van der Waals surface area contributed by atoms with E-state index in [1.54, 1.807) is 0 Å². The maximum absolute atomic E-state index is 14.2. The Balaban J connectivity index is 1.16. The third-order valence-corrected chi connectivity index (χ3v) is 9.60. The number of aromatic hydroxyl groups is 2. The minimum absolute atomic E-state index is 0.0400. The molecule has 6 heterocycles. The molecule has 8 rings (SSSR count). The number of anilines is 4. The van der Waals surface area contributed by atoms with E-state index < -0.39 is 5.97 Å². The molecule has 1 amide bonds. The lowest BCUT2D eigenvalue weighted by Crippen LogP contribution is -2.37. The first-order valence-corrected chi connectivity index (χ1v) is 15.7. The topological polar surface area (TPSA) is 108 Å². The minimum Gasteiger partial charge on any atom is -0.492 e. The lowest BCUT2D eigenvalue weighted by Gasteiger charge is -2.43. The summed E-state index contributed by atoms with van der Waals surface area (Å²) in [6.45, 7) is 4.22. The number of hydrogen-bond donors (Lipinski definition) is 2. The fourth-order valence-electron chi connectivity index (χ4n) is 7.83. The molecule has 0 atom stereocenters. The molecule has 0 unspecified atom stereocenters. The second-order valence-electron chi connectivity index (χ2n) is 12.3. The van der Waals surface area contributed by atoms with Gasteiger partial charge in [-0.1, -0.05) is 0 Å². The summed E-state index contributed by atoms with van der Waals surface area (Å²) in [4.78, 5) is 38.7. The Kier molecular flexibility index (Phi) is 6.20. The monoisotopic (exact) mass is 584 g/mol. The van der Waals surface area contributed by atoms with Gasteiger partial charge in [0.1, 0.15) is 0 Å². The van der Waals surface area contributed by atoms with E-state index in [0.29, 0.717) is 4.73 Å². The van der Waals surface area contributed by atoms with Crippen LogP contribution in [0.2, 0.25) is 0 Å². The largest absolute Gasteiger partial charge is 0.492 e. The minimum atomic E-state index is -0.644. The Bertz CT molecular complexity index is 1560. The zero-order valence-electron chi connectivity index (χ0n) is 24.2. The molecule has 0 saturated heterocycles. The average Bonchev–Trinajstić information content (AvgIpc) is 3.33. The number of amides is 1. The van der Waals surface area contributed by atoms with Crippen LogP contribution in [0.5, 0.6) is 23.3 Å². The number of nitrogens with zero attached hydrogens (tertiary/aromatic N) is 4. The van der Waals surface area contributed by atoms with Crippen LogP contribution in [0, 0.1) is 0 Å². The highest BCUT2D eigenvalue weighted by atomic mass is 16.7. The molecule has 0 spiro atoms. The summed E-state index contributed by atoms with van der Waals surface area (Å²) >= 11 is 0. The van der Waals surface area contributed by atoms with Crippen molar-refractivity contribution in [2.75, 3.05) is 40.9 Å². The zero-order chi connectivity index (χ0) is 29.2. The number of rotatable bonds is 5. The molecule has 10 heteroatoms. The zero-order valence-corrected chi connectivity index (χ0v) is 24.2. The first-order valence-electron chi connectivity index (χ1n) is 15.7. The van der Waals surface area contributed by atoms with E-state index in [-0.39, 0.29) is 36.9 Å². The van der Waals surface area contributed by atoms with Gasteiger partial charge in [-0.25, -0.2) is 4.79 Å². The standard InChI is InChI=1S/C33H36N4O6/c38-26(10-1-11-29(41)43-37-27(39)12-13-28(37)40)36-24-18-20-6-2-14-34-16-4-8-22(30(20)34)32(24)42-33-23-9-5-17-35-15-3-7-21(31(23)35)19-25(33)36/h12-13,18-19,39-40H,1-11,14-17H2. The number of aryl methyl sites for hydroxylation is 2. The van der Waals surface area contributed by atoms with Gasteiger partial charge in [-0.15, -0.1) is 4.73 Å². The van der Waals surface area contributed by atoms with Gasteiger partial charge in [0.15, 0.2) is 11.5 Å². The Labute approximate surface area is 250 Å². The molecule has 2 aromatic carbocycles. The normalized spacial score (nSPS) is 17.8. The smallest absolute Gasteiger partial charge is 0.333 e. The fourth-order valence-corrected chi connectivity index (χ4v) is 7.83. The third-order valence-electron chi connectivity index (χ3n) is 9.60. The molecule has 1 aromatic heterocycles. The van der Waals surface area contributed by atoms with Crippen LogP contribution in [0.25, 0.3) is 0 Å². The first kappa shape index (κ1) is 26.3. The molecular weight excluding hydrogens is 548 g/mol. The summed E-state index contributed by atoms with van der Waals surface area (Å²) in [5, 5.41) is 19.6. The van der Waals surface area contributed by atoms with Gasteiger partial charge in [0.05, 0.1) is 11.4 Å². The van der Waals surface area contributed by atoms with Gasteiger partial charge in [-0.3, -0.25) is 9.69 Å². The Morgan fingerprint density at radius 3 is 1.79 bits per heavy atom. The quantitative estimate of drug-likeness (QED) is 0.437. The van der Waals surface area contributed by atoms with E-state index in [9.17, 15) is 19.8 Å². The van der Waals surface area contributed by atoms with Crippen LogP contribution in [0.4, 0.5) is 22.7 Å². The van der Waals surface area contributed by atoms with Crippen LogP contribution in [0.3, 0.4) is 0 Å². The second-order valence-corrected chi connectivity index (χ2v) is 12.3. The Hall–Kier alpha value is -4.34. The summed E-state index contributed by atoms with van der Waals surface area (Å²) in [7, 11) is 0. The average molecular weight is 585 g/mol. The molecular formula is C33H36N4O6. The number of ether oxygens (including phenoxy) is 1. The molecule has 5 aliphatic rings. The second kappa shape index (κ2) is 10.1. The van der Waals surface area contributed by atoms with Crippen molar-refractivity contribution in [1.82, 2.24) is 4.73 Å². The third kappa shape index (κ3) is 4.21. The van der Waals surface area contributed by atoms with Gasteiger partial charge in [0, 0.05) is 73.7 Å². The molecule has 0 aliphatic carbocycles. The fraction of sp³-hybridized carbons (Fsp3) is 0.455. The van der Waals surface area contributed by atoms with E-state index in [1.165, 1.54) is 45.8 Å². The van der Waals surface area contributed by atoms with E-state index in [0.717, 1.165) is 100 Å². The summed E-state index contributed by atoms with van der Waals surface area (Å²) in [6.07, 6.45) is 8.49. The predicted octanol–water partition coefficient (Wildman–Crippen LogP) is 4.89. The number of carbonyl (C=O) groups is 2. The van der Waals surface area contributed by atoms with Crippen molar-refractivity contribution in [3.8, 4) is 23.3 Å². The predicted molar refractivity (Wildman–Crippen MR) is 161 cm³/mol. The van der Waals surface area contributed by atoms with Crippen LogP contribution in [-0.2, 0) is 35.3 Å². The van der Waals surface area contributed by atoms with E-state index in [4.69, 9.17) is 9.57 Å². The molecule has 3 aromatic rings. The maximum Gasteiger partial charge on any atom is 0.333 e. The highest BCUT2D eigenvalue weighted by Crippen LogP contribution is 2.57. The van der Waals surface area contributed by atoms with Crippen LogP contribution in [0.1, 0.15) is 67.2 Å². The Morgan fingerprint density at radius 2 is 1.26 bits per heavy atom. The maximum atomic E-state index is 14.2. The molecule has 0 saturated carbocycles. The molecule has 2 N–H and O–H groups in total. The molecule has 10 nitrogen and oxygen atoms in total. The molecule has 0 bridgehead atoms.